The van der Waals surface area contributed by atoms with Crippen LogP contribution in [-0.4, -0.2) is 61.7 Å². The number of fused-ring (bicyclic) bond motifs is 2. The summed E-state index contributed by atoms with van der Waals surface area (Å²) in [7, 11) is 0. The van der Waals surface area contributed by atoms with Gasteiger partial charge in [0, 0.05) is 81.4 Å². The van der Waals surface area contributed by atoms with E-state index in [1.165, 1.54) is 28.9 Å². The van der Waals surface area contributed by atoms with Gasteiger partial charge >= 0.3 is 0 Å². The third-order valence-electron chi connectivity index (χ3n) is 8.08. The molecule has 6 rings (SSSR count). The number of nitrogens with zero attached hydrogens (tertiary/aromatic N) is 5. The van der Waals surface area contributed by atoms with Crippen molar-refractivity contribution in [3.05, 3.63) is 65.4 Å². The van der Waals surface area contributed by atoms with Crippen molar-refractivity contribution in [2.45, 2.75) is 32.4 Å². The number of piperidine rings is 1. The first kappa shape index (κ1) is 22.3. The Morgan fingerprint density at radius 3 is 2.74 bits per heavy atom. The lowest BCUT2D eigenvalue weighted by Crippen LogP contribution is -2.52. The van der Waals surface area contributed by atoms with Gasteiger partial charge < -0.3 is 15.1 Å². The Labute approximate surface area is 208 Å². The van der Waals surface area contributed by atoms with E-state index >= 15 is 0 Å². The lowest BCUT2D eigenvalue weighted by Gasteiger charge is -2.45. The average molecular weight is 467 g/mol. The smallest absolute Gasteiger partial charge is 0.101 e. The standard InChI is InChI=1S/C29H34N6/c1-21-15-26(20-35(18-21)28-7-5-23(17-30)29-27(28)3-2-9-32-29)34-12-8-22-16-25(6-4-24(22)19-34)33-13-10-31-11-14-33/h2-7,9,16,21,26,31H,8,10-15,18-20H2,1H3/t21-,26+/m0/s1. The van der Waals surface area contributed by atoms with Crippen LogP contribution in [0.5, 0.6) is 0 Å². The van der Waals surface area contributed by atoms with Crippen LogP contribution in [0.25, 0.3) is 10.9 Å². The molecule has 3 aliphatic heterocycles. The molecule has 0 aliphatic carbocycles. The van der Waals surface area contributed by atoms with E-state index in [9.17, 15) is 5.26 Å². The summed E-state index contributed by atoms with van der Waals surface area (Å²) in [5.74, 6) is 0.618. The highest BCUT2D eigenvalue weighted by molar-refractivity contribution is 5.95. The van der Waals surface area contributed by atoms with Crippen molar-refractivity contribution >= 4 is 22.3 Å². The normalized spacial score (nSPS) is 23.2. The first-order valence-electron chi connectivity index (χ1n) is 13.0. The first-order valence-corrected chi connectivity index (χ1v) is 13.0. The van der Waals surface area contributed by atoms with Gasteiger partial charge in [-0.1, -0.05) is 13.0 Å². The fourth-order valence-electron chi connectivity index (χ4n) is 6.30. The number of piperazine rings is 1. The monoisotopic (exact) mass is 466 g/mol. The van der Waals surface area contributed by atoms with Crippen LogP contribution in [0, 0.1) is 17.2 Å². The molecule has 2 saturated heterocycles. The van der Waals surface area contributed by atoms with E-state index in [-0.39, 0.29) is 0 Å². The fraction of sp³-hybridized carbons (Fsp3) is 0.448. The van der Waals surface area contributed by atoms with Gasteiger partial charge in [0.25, 0.3) is 0 Å². The van der Waals surface area contributed by atoms with E-state index in [2.05, 4.69) is 68.3 Å². The zero-order valence-electron chi connectivity index (χ0n) is 20.6. The lowest BCUT2D eigenvalue weighted by molar-refractivity contribution is 0.143. The third kappa shape index (κ3) is 4.35. The Morgan fingerprint density at radius 2 is 1.89 bits per heavy atom. The molecule has 2 aromatic carbocycles. The number of hydrogen-bond acceptors (Lipinski definition) is 6. The maximum absolute atomic E-state index is 9.55. The fourth-order valence-corrected chi connectivity index (χ4v) is 6.30. The van der Waals surface area contributed by atoms with Gasteiger partial charge in [-0.3, -0.25) is 9.88 Å². The summed E-state index contributed by atoms with van der Waals surface area (Å²) in [4.78, 5) is 12.3. The number of nitrogens with one attached hydrogen (secondary N) is 1. The van der Waals surface area contributed by atoms with Crippen LogP contribution >= 0.6 is 0 Å². The van der Waals surface area contributed by atoms with Gasteiger partial charge in [-0.05, 0) is 66.3 Å². The Hall–Kier alpha value is -3.14. The minimum absolute atomic E-state index is 0.530. The summed E-state index contributed by atoms with van der Waals surface area (Å²) in [6.07, 6.45) is 4.15. The van der Waals surface area contributed by atoms with Crippen LogP contribution in [0.4, 0.5) is 11.4 Å². The van der Waals surface area contributed by atoms with Gasteiger partial charge in [-0.2, -0.15) is 5.26 Å². The van der Waals surface area contributed by atoms with E-state index in [1.54, 1.807) is 6.20 Å². The van der Waals surface area contributed by atoms with Crippen molar-refractivity contribution in [3.63, 3.8) is 0 Å². The van der Waals surface area contributed by atoms with Crippen LogP contribution in [0.3, 0.4) is 0 Å². The summed E-state index contributed by atoms with van der Waals surface area (Å²) in [5, 5.41) is 14.1. The molecule has 180 valence electrons. The minimum Gasteiger partial charge on any atom is -0.369 e. The molecular formula is C29H34N6. The molecule has 6 nitrogen and oxygen atoms in total. The van der Waals surface area contributed by atoms with E-state index in [0.29, 0.717) is 17.5 Å². The topological polar surface area (TPSA) is 58.4 Å². The molecule has 35 heavy (non-hydrogen) atoms. The maximum atomic E-state index is 9.55. The van der Waals surface area contributed by atoms with Gasteiger partial charge in [-0.15, -0.1) is 0 Å². The molecule has 6 heteroatoms. The van der Waals surface area contributed by atoms with Crippen LogP contribution in [0.15, 0.2) is 48.7 Å². The van der Waals surface area contributed by atoms with Crippen LogP contribution < -0.4 is 15.1 Å². The largest absolute Gasteiger partial charge is 0.369 e. The second-order valence-corrected chi connectivity index (χ2v) is 10.5. The van der Waals surface area contributed by atoms with Crippen LogP contribution in [0.1, 0.15) is 30.0 Å². The first-order chi connectivity index (χ1) is 17.2. The molecule has 2 fully saturated rings. The zero-order valence-corrected chi connectivity index (χ0v) is 20.6. The minimum atomic E-state index is 0.530. The van der Waals surface area contributed by atoms with Crippen molar-refractivity contribution < 1.29 is 0 Å². The summed E-state index contributed by atoms with van der Waals surface area (Å²) in [6.45, 7) is 11.0. The van der Waals surface area contributed by atoms with Crippen LogP contribution in [0.2, 0.25) is 0 Å². The molecular weight excluding hydrogens is 432 g/mol. The molecule has 0 radical (unpaired) electrons. The highest BCUT2D eigenvalue weighted by atomic mass is 15.2. The molecule has 3 aromatic rings. The van der Waals surface area contributed by atoms with Crippen molar-refractivity contribution in [2.75, 3.05) is 55.6 Å². The summed E-state index contributed by atoms with van der Waals surface area (Å²) in [5.41, 5.74) is 7.09. The lowest BCUT2D eigenvalue weighted by atomic mass is 9.91. The SMILES string of the molecule is C[C@H]1C[C@@H](N2CCc3cc(N4CCNCC4)ccc3C2)CN(c2ccc(C#N)c3ncccc23)C1. The van der Waals surface area contributed by atoms with Crippen molar-refractivity contribution in [2.24, 2.45) is 5.92 Å². The molecule has 4 heterocycles. The van der Waals surface area contributed by atoms with E-state index in [0.717, 1.165) is 69.7 Å². The number of aromatic nitrogens is 1. The second-order valence-electron chi connectivity index (χ2n) is 10.5. The number of benzene rings is 2. The van der Waals surface area contributed by atoms with Crippen LogP contribution in [-0.2, 0) is 13.0 Å². The second kappa shape index (κ2) is 9.49. The molecule has 2 atom stereocenters. The molecule has 3 aliphatic rings. The molecule has 0 saturated carbocycles. The summed E-state index contributed by atoms with van der Waals surface area (Å²) < 4.78 is 0. The molecule has 1 N–H and O–H groups in total. The van der Waals surface area contributed by atoms with E-state index < -0.39 is 0 Å². The molecule has 0 amide bonds. The van der Waals surface area contributed by atoms with Gasteiger partial charge in [0.2, 0.25) is 0 Å². The third-order valence-corrected chi connectivity index (χ3v) is 8.08. The number of anilines is 2. The Bertz CT molecular complexity index is 1260. The van der Waals surface area contributed by atoms with E-state index in [1.807, 2.05) is 12.1 Å². The predicted molar refractivity (Wildman–Crippen MR) is 142 cm³/mol. The summed E-state index contributed by atoms with van der Waals surface area (Å²) in [6, 6.07) is 18.1. The predicted octanol–water partition coefficient (Wildman–Crippen LogP) is 3.79. The average Bonchev–Trinajstić information content (AvgIpc) is 2.92. The Kier molecular flexibility index (Phi) is 6.05. The molecule has 0 bridgehead atoms. The van der Waals surface area contributed by atoms with Gasteiger partial charge in [0.15, 0.2) is 0 Å². The van der Waals surface area contributed by atoms with Crippen molar-refractivity contribution in [3.8, 4) is 6.07 Å². The number of hydrogen-bond donors (Lipinski definition) is 1. The number of pyridine rings is 1. The van der Waals surface area contributed by atoms with Crippen molar-refractivity contribution in [1.29, 1.82) is 5.26 Å². The van der Waals surface area contributed by atoms with E-state index in [4.69, 9.17) is 0 Å². The van der Waals surface area contributed by atoms with Gasteiger partial charge in [-0.25, -0.2) is 0 Å². The Morgan fingerprint density at radius 1 is 1.00 bits per heavy atom. The number of rotatable bonds is 3. The van der Waals surface area contributed by atoms with Gasteiger partial charge in [0.1, 0.15) is 6.07 Å². The number of nitriles is 1. The quantitative estimate of drug-likeness (QED) is 0.634. The zero-order chi connectivity index (χ0) is 23.8. The molecule has 0 spiro atoms. The molecule has 1 aromatic heterocycles. The summed E-state index contributed by atoms with van der Waals surface area (Å²) >= 11 is 0. The highest BCUT2D eigenvalue weighted by Crippen LogP contribution is 2.34. The maximum Gasteiger partial charge on any atom is 0.101 e. The Balaban J connectivity index is 1.22. The molecule has 0 unspecified atom stereocenters. The van der Waals surface area contributed by atoms with Crippen molar-refractivity contribution in [1.82, 2.24) is 15.2 Å². The van der Waals surface area contributed by atoms with Gasteiger partial charge in [0.05, 0.1) is 11.1 Å². The highest BCUT2D eigenvalue weighted by Gasteiger charge is 2.32.